The predicted molar refractivity (Wildman–Crippen MR) is 70.0 cm³/mol. The number of hydrogen-bond acceptors (Lipinski definition) is 3. The molecule has 1 aromatic carbocycles. The average molecular weight is 287 g/mol. The molecule has 19 heavy (non-hydrogen) atoms. The summed E-state index contributed by atoms with van der Waals surface area (Å²) in [7, 11) is 1.52. The smallest absolute Gasteiger partial charge is 0.328 e. The lowest BCUT2D eigenvalue weighted by Crippen LogP contribution is -2.48. The van der Waals surface area contributed by atoms with Crippen LogP contribution in [-0.4, -0.2) is 46.8 Å². The zero-order valence-electron chi connectivity index (χ0n) is 10.3. The lowest BCUT2D eigenvalue weighted by atomic mass is 10.2. The molecule has 0 saturated heterocycles. The Hall–Kier alpha value is -1.79. The normalized spacial score (nSPS) is 11.7. The number of benzene rings is 1. The Morgan fingerprint density at radius 1 is 1.47 bits per heavy atom. The molecule has 104 valence electrons. The highest BCUT2D eigenvalue weighted by atomic mass is 35.5. The van der Waals surface area contributed by atoms with Crippen LogP contribution in [0, 0.1) is 0 Å². The van der Waals surface area contributed by atoms with E-state index < -0.39 is 24.6 Å². The minimum Gasteiger partial charge on any atom is -0.480 e. The van der Waals surface area contributed by atoms with Crippen molar-refractivity contribution >= 4 is 23.6 Å². The predicted octanol–water partition coefficient (Wildman–Crippen LogP) is 0.927. The Bertz CT molecular complexity index is 467. The number of halogens is 1. The van der Waals surface area contributed by atoms with E-state index in [9.17, 15) is 9.59 Å². The van der Waals surface area contributed by atoms with Gasteiger partial charge < -0.3 is 20.4 Å². The SMILES string of the molecule is CN(Cc1cccc(Cl)c1)C(=O)NC(CO)C(=O)O. The summed E-state index contributed by atoms with van der Waals surface area (Å²) >= 11 is 5.83. The number of hydrogen-bond donors (Lipinski definition) is 3. The summed E-state index contributed by atoms with van der Waals surface area (Å²) < 4.78 is 0. The van der Waals surface area contributed by atoms with Gasteiger partial charge in [0.15, 0.2) is 6.04 Å². The number of carboxylic acids is 1. The summed E-state index contributed by atoms with van der Waals surface area (Å²) in [6.45, 7) is -0.379. The maximum absolute atomic E-state index is 11.7. The number of carbonyl (C=O) groups is 2. The van der Waals surface area contributed by atoms with E-state index >= 15 is 0 Å². The second kappa shape index (κ2) is 6.96. The molecule has 0 aliphatic heterocycles. The molecule has 0 radical (unpaired) electrons. The van der Waals surface area contributed by atoms with Gasteiger partial charge in [-0.3, -0.25) is 0 Å². The Balaban J connectivity index is 2.60. The van der Waals surface area contributed by atoms with Crippen LogP contribution < -0.4 is 5.32 Å². The highest BCUT2D eigenvalue weighted by molar-refractivity contribution is 6.30. The van der Waals surface area contributed by atoms with Crippen LogP contribution in [0.15, 0.2) is 24.3 Å². The highest BCUT2D eigenvalue weighted by Gasteiger charge is 2.20. The molecule has 3 N–H and O–H groups in total. The molecule has 0 aliphatic rings. The molecule has 0 heterocycles. The molecule has 7 heteroatoms. The van der Waals surface area contributed by atoms with E-state index in [1.54, 1.807) is 24.3 Å². The molecular weight excluding hydrogens is 272 g/mol. The van der Waals surface area contributed by atoms with E-state index in [4.69, 9.17) is 21.8 Å². The number of nitrogens with zero attached hydrogens (tertiary/aromatic N) is 1. The zero-order chi connectivity index (χ0) is 14.4. The summed E-state index contributed by atoms with van der Waals surface area (Å²) in [6, 6.07) is 5.10. The third-order valence-corrected chi connectivity index (χ3v) is 2.67. The quantitative estimate of drug-likeness (QED) is 0.751. The second-order valence-corrected chi connectivity index (χ2v) is 4.45. The largest absolute Gasteiger partial charge is 0.480 e. The molecule has 1 rings (SSSR count). The van der Waals surface area contributed by atoms with Gasteiger partial charge in [0.2, 0.25) is 0 Å². The van der Waals surface area contributed by atoms with Crippen LogP contribution >= 0.6 is 11.6 Å². The van der Waals surface area contributed by atoms with Gasteiger partial charge >= 0.3 is 12.0 Å². The second-order valence-electron chi connectivity index (χ2n) is 4.01. The topological polar surface area (TPSA) is 89.9 Å². The zero-order valence-corrected chi connectivity index (χ0v) is 11.1. The molecule has 0 saturated carbocycles. The number of urea groups is 1. The van der Waals surface area contributed by atoms with Crippen molar-refractivity contribution in [2.75, 3.05) is 13.7 Å². The summed E-state index contributed by atoms with van der Waals surface area (Å²) in [5.41, 5.74) is 0.820. The fraction of sp³-hybridized carbons (Fsp3) is 0.333. The van der Waals surface area contributed by atoms with Crippen molar-refractivity contribution in [3.63, 3.8) is 0 Å². The van der Waals surface area contributed by atoms with Crippen molar-refractivity contribution in [2.45, 2.75) is 12.6 Å². The van der Waals surface area contributed by atoms with Crippen LogP contribution in [0.25, 0.3) is 0 Å². The summed E-state index contributed by atoms with van der Waals surface area (Å²) in [5.74, 6) is -1.29. The first-order valence-corrected chi connectivity index (χ1v) is 5.91. The Labute approximate surface area is 115 Å². The number of aliphatic hydroxyl groups excluding tert-OH is 1. The van der Waals surface area contributed by atoms with E-state index in [2.05, 4.69) is 5.32 Å². The number of aliphatic hydroxyl groups is 1. The van der Waals surface area contributed by atoms with E-state index in [1.807, 2.05) is 0 Å². The summed E-state index contributed by atoms with van der Waals surface area (Å²) in [4.78, 5) is 23.7. The maximum Gasteiger partial charge on any atom is 0.328 e. The molecule has 0 bridgehead atoms. The van der Waals surface area contributed by atoms with Crippen LogP contribution in [0.5, 0.6) is 0 Å². The monoisotopic (exact) mass is 286 g/mol. The van der Waals surface area contributed by atoms with Gasteiger partial charge in [-0.1, -0.05) is 23.7 Å². The fourth-order valence-corrected chi connectivity index (χ4v) is 1.64. The number of rotatable bonds is 5. The first-order valence-electron chi connectivity index (χ1n) is 5.53. The lowest BCUT2D eigenvalue weighted by Gasteiger charge is -2.20. The summed E-state index contributed by atoms with van der Waals surface area (Å²) in [5, 5.41) is 20.3. The van der Waals surface area contributed by atoms with Gasteiger partial charge in [-0.15, -0.1) is 0 Å². The highest BCUT2D eigenvalue weighted by Crippen LogP contribution is 2.12. The van der Waals surface area contributed by atoms with Crippen LogP contribution in [0.1, 0.15) is 5.56 Å². The van der Waals surface area contributed by atoms with Gasteiger partial charge in [0.25, 0.3) is 0 Å². The Morgan fingerprint density at radius 2 is 2.16 bits per heavy atom. The number of nitrogens with one attached hydrogen (secondary N) is 1. The first-order chi connectivity index (χ1) is 8.93. The third-order valence-electron chi connectivity index (χ3n) is 2.43. The van der Waals surface area contributed by atoms with Gasteiger partial charge in [0.05, 0.1) is 6.61 Å². The first kappa shape index (κ1) is 15.3. The maximum atomic E-state index is 11.7. The van der Waals surface area contributed by atoms with Crippen molar-refractivity contribution in [3.05, 3.63) is 34.9 Å². The van der Waals surface area contributed by atoms with Gasteiger partial charge in [0.1, 0.15) is 0 Å². The average Bonchev–Trinajstić information content (AvgIpc) is 2.35. The minimum atomic E-state index is -1.31. The van der Waals surface area contributed by atoms with E-state index in [0.29, 0.717) is 5.02 Å². The molecule has 1 aromatic rings. The fourth-order valence-electron chi connectivity index (χ4n) is 1.43. The van der Waals surface area contributed by atoms with Crippen LogP contribution in [0.2, 0.25) is 5.02 Å². The summed E-state index contributed by atoms with van der Waals surface area (Å²) in [6.07, 6.45) is 0. The number of carboxylic acid groups (broad SMARTS) is 1. The van der Waals surface area contributed by atoms with Crippen molar-refractivity contribution in [1.29, 1.82) is 0 Å². The van der Waals surface area contributed by atoms with Gasteiger partial charge in [-0.2, -0.15) is 0 Å². The lowest BCUT2D eigenvalue weighted by molar-refractivity contribution is -0.140. The van der Waals surface area contributed by atoms with Crippen molar-refractivity contribution in [2.24, 2.45) is 0 Å². The molecule has 0 spiro atoms. The van der Waals surface area contributed by atoms with Gasteiger partial charge in [0, 0.05) is 18.6 Å². The van der Waals surface area contributed by atoms with Gasteiger partial charge in [-0.25, -0.2) is 9.59 Å². The van der Waals surface area contributed by atoms with Crippen molar-refractivity contribution in [3.8, 4) is 0 Å². The van der Waals surface area contributed by atoms with Gasteiger partial charge in [-0.05, 0) is 17.7 Å². The van der Waals surface area contributed by atoms with Crippen LogP contribution in [0.3, 0.4) is 0 Å². The standard InChI is InChI=1S/C12H15ClN2O4/c1-15(6-8-3-2-4-9(13)5-8)12(19)14-10(7-16)11(17)18/h2-5,10,16H,6-7H2,1H3,(H,14,19)(H,17,18). The molecule has 0 fully saturated rings. The number of amides is 2. The van der Waals surface area contributed by atoms with Crippen LogP contribution in [0.4, 0.5) is 4.79 Å². The molecule has 2 amide bonds. The number of aliphatic carboxylic acids is 1. The van der Waals surface area contributed by atoms with Crippen molar-refractivity contribution < 1.29 is 19.8 Å². The minimum absolute atomic E-state index is 0.282. The van der Waals surface area contributed by atoms with Crippen molar-refractivity contribution in [1.82, 2.24) is 10.2 Å². The molecule has 1 unspecified atom stereocenters. The van der Waals surface area contributed by atoms with Crippen LogP contribution in [-0.2, 0) is 11.3 Å². The number of carbonyl (C=O) groups excluding carboxylic acids is 1. The molecule has 1 atom stereocenters. The Kier molecular flexibility index (Phi) is 5.59. The third kappa shape index (κ3) is 4.76. The molecular formula is C12H15ClN2O4. The Morgan fingerprint density at radius 3 is 2.68 bits per heavy atom. The molecule has 0 aliphatic carbocycles. The molecule has 0 aromatic heterocycles. The van der Waals surface area contributed by atoms with E-state index in [-0.39, 0.29) is 6.54 Å². The van der Waals surface area contributed by atoms with E-state index in [0.717, 1.165) is 5.56 Å². The molecule has 6 nitrogen and oxygen atoms in total. The van der Waals surface area contributed by atoms with E-state index in [1.165, 1.54) is 11.9 Å².